The molecule has 0 spiro atoms. The first-order valence-electron chi connectivity index (χ1n) is 11.4. The Morgan fingerprint density at radius 2 is 1.87 bits per heavy atom. The second-order valence-electron chi connectivity index (χ2n) is 8.07. The fourth-order valence-electron chi connectivity index (χ4n) is 3.71. The number of carboxylic acids is 1. The molecule has 0 aliphatic rings. The summed E-state index contributed by atoms with van der Waals surface area (Å²) in [6.07, 6.45) is -0.929. The molecular formula is C28H21ClF3NO5. The van der Waals surface area contributed by atoms with Crippen molar-refractivity contribution in [2.24, 2.45) is 0 Å². The number of hydrogen-bond acceptors (Lipinski definition) is 5. The Balaban J connectivity index is 1.53. The highest BCUT2D eigenvalue weighted by Crippen LogP contribution is 2.36. The van der Waals surface area contributed by atoms with Crippen molar-refractivity contribution in [3.63, 3.8) is 0 Å². The summed E-state index contributed by atoms with van der Waals surface area (Å²) in [5.41, 5.74) is 2.35. The number of hydrogen-bond donors (Lipinski definition) is 1. The van der Waals surface area contributed by atoms with E-state index in [-0.39, 0.29) is 23.4 Å². The van der Waals surface area contributed by atoms with Gasteiger partial charge in [-0.05, 0) is 53.6 Å². The lowest BCUT2D eigenvalue weighted by Gasteiger charge is -2.13. The van der Waals surface area contributed by atoms with Gasteiger partial charge in [-0.1, -0.05) is 60.1 Å². The minimum atomic E-state index is -4.86. The summed E-state index contributed by atoms with van der Waals surface area (Å²) in [4.78, 5) is 11.2. The van der Waals surface area contributed by atoms with Crippen molar-refractivity contribution in [1.29, 1.82) is 0 Å². The standard InChI is InChI=1S/C28H21ClF3NO5/c1-2-24-22(26(33-38-24)21-8-3-4-9-25(21)37-28(30,31)32)16-36-20-13-12-18(23(29)15-20)11-10-17-6-5-7-19(14-17)27(34)35/h3-15H,2,16H2,1H3,(H,34,35)/b11-10+. The Morgan fingerprint density at radius 1 is 1.08 bits per heavy atom. The summed E-state index contributed by atoms with van der Waals surface area (Å²) < 4.78 is 54.2. The van der Waals surface area contributed by atoms with Crippen LogP contribution in [0.3, 0.4) is 0 Å². The van der Waals surface area contributed by atoms with Gasteiger partial charge in [0.05, 0.1) is 16.1 Å². The number of nitrogens with zero attached hydrogens (tertiary/aromatic N) is 1. The first kappa shape index (κ1) is 26.8. The topological polar surface area (TPSA) is 81.8 Å². The Morgan fingerprint density at radius 3 is 2.58 bits per heavy atom. The summed E-state index contributed by atoms with van der Waals surface area (Å²) in [5.74, 6) is -0.520. The monoisotopic (exact) mass is 543 g/mol. The lowest BCUT2D eigenvalue weighted by molar-refractivity contribution is -0.274. The highest BCUT2D eigenvalue weighted by Gasteiger charge is 2.33. The van der Waals surface area contributed by atoms with Crippen molar-refractivity contribution in [1.82, 2.24) is 5.16 Å². The minimum Gasteiger partial charge on any atom is -0.489 e. The number of halogens is 4. The third-order valence-electron chi connectivity index (χ3n) is 5.50. The van der Waals surface area contributed by atoms with Crippen molar-refractivity contribution >= 4 is 29.7 Å². The second-order valence-corrected chi connectivity index (χ2v) is 8.47. The van der Waals surface area contributed by atoms with Gasteiger partial charge in [-0.15, -0.1) is 13.2 Å². The average Bonchev–Trinajstić information content (AvgIpc) is 3.29. The fourth-order valence-corrected chi connectivity index (χ4v) is 3.94. The van der Waals surface area contributed by atoms with Crippen LogP contribution >= 0.6 is 11.6 Å². The highest BCUT2D eigenvalue weighted by molar-refractivity contribution is 6.32. The number of para-hydroxylation sites is 1. The van der Waals surface area contributed by atoms with Crippen LogP contribution in [0.5, 0.6) is 11.5 Å². The molecule has 0 aliphatic carbocycles. The van der Waals surface area contributed by atoms with Crippen LogP contribution in [0.15, 0.2) is 71.3 Å². The SMILES string of the molecule is CCc1onc(-c2ccccc2OC(F)(F)F)c1COc1ccc(/C=C/c2cccc(C(=O)O)c2)c(Cl)c1. The molecular weight excluding hydrogens is 523 g/mol. The smallest absolute Gasteiger partial charge is 0.489 e. The lowest BCUT2D eigenvalue weighted by Crippen LogP contribution is -2.17. The predicted octanol–water partition coefficient (Wildman–Crippen LogP) is 7.90. The van der Waals surface area contributed by atoms with Crippen molar-refractivity contribution in [3.8, 4) is 22.8 Å². The summed E-state index contributed by atoms with van der Waals surface area (Å²) in [6, 6.07) is 17.2. The normalized spacial score (nSPS) is 11.6. The zero-order valence-electron chi connectivity index (χ0n) is 20.0. The van der Waals surface area contributed by atoms with E-state index in [1.807, 2.05) is 6.92 Å². The van der Waals surface area contributed by atoms with Crippen LogP contribution in [0.4, 0.5) is 13.2 Å². The van der Waals surface area contributed by atoms with Crippen LogP contribution in [0, 0.1) is 0 Å². The molecule has 1 N–H and O–H groups in total. The van der Waals surface area contributed by atoms with E-state index in [9.17, 15) is 18.0 Å². The summed E-state index contributed by atoms with van der Waals surface area (Å²) in [7, 11) is 0. The first-order chi connectivity index (χ1) is 18.1. The van der Waals surface area contributed by atoms with Gasteiger partial charge >= 0.3 is 12.3 Å². The van der Waals surface area contributed by atoms with Crippen molar-refractivity contribution < 1.29 is 37.1 Å². The number of alkyl halides is 3. The molecule has 0 atom stereocenters. The molecule has 0 bridgehead atoms. The van der Waals surface area contributed by atoms with Crippen LogP contribution in [0.25, 0.3) is 23.4 Å². The Labute approximate surface area is 220 Å². The number of rotatable bonds is 9. The molecule has 3 aromatic carbocycles. The van der Waals surface area contributed by atoms with E-state index in [1.165, 1.54) is 24.3 Å². The molecule has 0 amide bonds. The maximum atomic E-state index is 12.9. The average molecular weight is 544 g/mol. The number of carbonyl (C=O) groups is 1. The second kappa shape index (κ2) is 11.4. The van der Waals surface area contributed by atoms with Crippen molar-refractivity contribution in [3.05, 3.63) is 99.8 Å². The first-order valence-corrected chi connectivity index (χ1v) is 11.8. The molecule has 1 aromatic heterocycles. The molecule has 4 aromatic rings. The zero-order valence-corrected chi connectivity index (χ0v) is 20.7. The molecule has 0 saturated heterocycles. The Hall–Kier alpha value is -4.24. The van der Waals surface area contributed by atoms with E-state index < -0.39 is 18.1 Å². The number of aromatic carboxylic acids is 1. The van der Waals surface area contributed by atoms with Gasteiger partial charge in [0.25, 0.3) is 0 Å². The molecule has 0 aliphatic heterocycles. The van der Waals surface area contributed by atoms with Gasteiger partial charge < -0.3 is 19.1 Å². The van der Waals surface area contributed by atoms with Crippen molar-refractivity contribution in [2.45, 2.75) is 26.3 Å². The molecule has 0 fully saturated rings. The molecule has 6 nitrogen and oxygen atoms in total. The van der Waals surface area contributed by atoms with Gasteiger partial charge in [-0.25, -0.2) is 4.79 Å². The van der Waals surface area contributed by atoms with E-state index in [0.717, 1.165) is 0 Å². The van der Waals surface area contributed by atoms with Gasteiger partial charge in [0.2, 0.25) is 0 Å². The molecule has 1 heterocycles. The minimum absolute atomic E-state index is 0.0319. The molecule has 196 valence electrons. The summed E-state index contributed by atoms with van der Waals surface area (Å²) in [5, 5.41) is 13.5. The summed E-state index contributed by atoms with van der Waals surface area (Å²) >= 11 is 6.43. The van der Waals surface area contributed by atoms with E-state index in [1.54, 1.807) is 54.6 Å². The molecule has 38 heavy (non-hydrogen) atoms. The van der Waals surface area contributed by atoms with Crippen LogP contribution < -0.4 is 9.47 Å². The molecule has 10 heteroatoms. The van der Waals surface area contributed by atoms with Gasteiger partial charge in [-0.2, -0.15) is 0 Å². The summed E-state index contributed by atoms with van der Waals surface area (Å²) in [6.45, 7) is 1.80. The van der Waals surface area contributed by atoms with Crippen LogP contribution in [0.2, 0.25) is 5.02 Å². The lowest BCUT2D eigenvalue weighted by atomic mass is 10.0. The number of ether oxygens (including phenoxy) is 2. The van der Waals surface area contributed by atoms with E-state index in [4.69, 9.17) is 26.0 Å². The van der Waals surface area contributed by atoms with Gasteiger partial charge in [-0.3, -0.25) is 0 Å². The third kappa shape index (κ3) is 6.54. The molecule has 0 saturated carbocycles. The number of aromatic nitrogens is 1. The quantitative estimate of drug-likeness (QED) is 0.216. The van der Waals surface area contributed by atoms with Gasteiger partial charge in [0, 0.05) is 12.0 Å². The maximum absolute atomic E-state index is 12.9. The molecule has 0 radical (unpaired) electrons. The third-order valence-corrected chi connectivity index (χ3v) is 5.83. The zero-order chi connectivity index (χ0) is 27.3. The number of aryl methyl sites for hydroxylation is 1. The van der Waals surface area contributed by atoms with Crippen LogP contribution in [-0.2, 0) is 13.0 Å². The maximum Gasteiger partial charge on any atom is 0.573 e. The van der Waals surface area contributed by atoms with E-state index in [2.05, 4.69) is 9.89 Å². The van der Waals surface area contributed by atoms with Crippen molar-refractivity contribution in [2.75, 3.05) is 0 Å². The van der Waals surface area contributed by atoms with Gasteiger partial charge in [0.15, 0.2) is 0 Å². The van der Waals surface area contributed by atoms with E-state index in [0.29, 0.717) is 39.6 Å². The predicted molar refractivity (Wildman–Crippen MR) is 136 cm³/mol. The van der Waals surface area contributed by atoms with E-state index >= 15 is 0 Å². The number of benzene rings is 3. The number of carboxylic acid groups (broad SMARTS) is 1. The van der Waals surface area contributed by atoms with Crippen LogP contribution in [-0.4, -0.2) is 22.6 Å². The largest absolute Gasteiger partial charge is 0.573 e. The highest BCUT2D eigenvalue weighted by atomic mass is 35.5. The molecule has 0 unspecified atom stereocenters. The van der Waals surface area contributed by atoms with Crippen LogP contribution in [0.1, 0.15) is 39.7 Å². The Kier molecular flexibility index (Phi) is 8.07. The Bertz CT molecular complexity index is 1480. The molecule has 4 rings (SSSR count). The van der Waals surface area contributed by atoms with Gasteiger partial charge in [0.1, 0.15) is 29.6 Å². The fraction of sp³-hybridized carbons (Fsp3) is 0.143.